The van der Waals surface area contributed by atoms with E-state index < -0.39 is 0 Å². The summed E-state index contributed by atoms with van der Waals surface area (Å²) in [5.41, 5.74) is -0.253. The first kappa shape index (κ1) is 20.5. The van der Waals surface area contributed by atoms with Gasteiger partial charge in [-0.05, 0) is 26.2 Å². The minimum absolute atomic E-state index is 0. The molecule has 124 valence electrons. The highest BCUT2D eigenvalue weighted by Crippen LogP contribution is 2.38. The van der Waals surface area contributed by atoms with E-state index in [0.717, 1.165) is 38.1 Å². The smallest absolute Gasteiger partial charge is 0.230 e. The van der Waals surface area contributed by atoms with Crippen molar-refractivity contribution < 1.29 is 4.79 Å². The molecule has 6 heteroatoms. The topological polar surface area (TPSA) is 56.7 Å². The molecule has 1 unspecified atom stereocenters. The predicted molar refractivity (Wildman–Crippen MR) is 99.3 cm³/mol. The zero-order valence-electron chi connectivity index (χ0n) is 14.0. The van der Waals surface area contributed by atoms with Gasteiger partial charge in [-0.3, -0.25) is 9.79 Å². The van der Waals surface area contributed by atoms with Crippen molar-refractivity contribution in [3.8, 4) is 0 Å². The maximum absolute atomic E-state index is 12.5. The number of halogens is 1. The van der Waals surface area contributed by atoms with Crippen LogP contribution in [-0.4, -0.2) is 50.5 Å². The molecule has 0 heterocycles. The van der Waals surface area contributed by atoms with Crippen LogP contribution in [0.5, 0.6) is 0 Å². The van der Waals surface area contributed by atoms with Crippen LogP contribution in [0.2, 0.25) is 0 Å². The Morgan fingerprint density at radius 1 is 1.33 bits per heavy atom. The molecule has 2 N–H and O–H groups in total. The first-order valence-corrected chi connectivity index (χ1v) is 7.64. The molecule has 1 atom stereocenters. The van der Waals surface area contributed by atoms with Crippen LogP contribution < -0.4 is 10.6 Å². The van der Waals surface area contributed by atoms with Crippen LogP contribution in [0.25, 0.3) is 0 Å². The van der Waals surface area contributed by atoms with Crippen molar-refractivity contribution in [1.82, 2.24) is 15.5 Å². The van der Waals surface area contributed by atoms with E-state index in [1.165, 1.54) is 0 Å². The molecule has 0 bridgehead atoms. The predicted octanol–water partition coefficient (Wildman–Crippen LogP) is 2.22. The number of hydrogen-bond acceptors (Lipinski definition) is 2. The van der Waals surface area contributed by atoms with E-state index in [4.69, 9.17) is 0 Å². The van der Waals surface area contributed by atoms with Crippen LogP contribution in [0.15, 0.2) is 4.99 Å². The van der Waals surface area contributed by atoms with Crippen molar-refractivity contribution in [3.63, 3.8) is 0 Å². The van der Waals surface area contributed by atoms with Crippen molar-refractivity contribution in [2.45, 2.75) is 52.0 Å². The van der Waals surface area contributed by atoms with Crippen molar-refractivity contribution in [2.24, 2.45) is 10.4 Å². The van der Waals surface area contributed by atoms with Crippen LogP contribution in [0, 0.1) is 5.41 Å². The zero-order chi connectivity index (χ0) is 15.2. The van der Waals surface area contributed by atoms with Crippen molar-refractivity contribution in [2.75, 3.05) is 27.7 Å². The van der Waals surface area contributed by atoms with Crippen LogP contribution in [0.3, 0.4) is 0 Å². The molecule has 0 aromatic rings. The van der Waals surface area contributed by atoms with Crippen LogP contribution in [0.1, 0.15) is 46.0 Å². The second kappa shape index (κ2) is 9.48. The molecule has 0 radical (unpaired) electrons. The number of rotatable bonds is 5. The highest BCUT2D eigenvalue weighted by atomic mass is 127. The van der Waals surface area contributed by atoms with E-state index in [1.807, 2.05) is 14.1 Å². The van der Waals surface area contributed by atoms with Gasteiger partial charge in [0.25, 0.3) is 0 Å². The van der Waals surface area contributed by atoms with E-state index in [-0.39, 0.29) is 35.3 Å². The van der Waals surface area contributed by atoms with Crippen molar-refractivity contribution in [3.05, 3.63) is 0 Å². The monoisotopic (exact) mass is 410 g/mol. The number of carbonyl (C=O) groups is 1. The standard InChI is InChI=1S/C15H30N4O.HI/c1-6-12(2)18-14(16-3)17-11-15(9-7-8-10-15)13(20)19(4)5;/h12H,6-11H2,1-5H3,(H2,16,17,18);1H. The quantitative estimate of drug-likeness (QED) is 0.415. The van der Waals surface area contributed by atoms with Gasteiger partial charge in [-0.1, -0.05) is 19.8 Å². The van der Waals surface area contributed by atoms with Crippen molar-refractivity contribution >= 4 is 35.8 Å². The van der Waals surface area contributed by atoms with Crippen LogP contribution >= 0.6 is 24.0 Å². The molecule has 0 aromatic heterocycles. The Hall–Kier alpha value is -0.530. The Morgan fingerprint density at radius 3 is 2.33 bits per heavy atom. The number of amides is 1. The number of aliphatic imine (C=N–C) groups is 1. The second-order valence-electron chi connectivity index (χ2n) is 6.07. The van der Waals surface area contributed by atoms with Gasteiger partial charge in [-0.25, -0.2) is 0 Å². The van der Waals surface area contributed by atoms with Gasteiger partial charge in [0, 0.05) is 33.7 Å². The molecule has 1 rings (SSSR count). The molecule has 0 aromatic carbocycles. The first-order chi connectivity index (χ1) is 9.45. The van der Waals surface area contributed by atoms with E-state index in [9.17, 15) is 4.79 Å². The number of nitrogens with zero attached hydrogens (tertiary/aromatic N) is 2. The van der Waals surface area contributed by atoms with Gasteiger partial charge in [0.1, 0.15) is 0 Å². The molecule has 0 saturated heterocycles. The molecule has 1 aliphatic rings. The van der Waals surface area contributed by atoms with E-state index in [2.05, 4.69) is 29.5 Å². The highest BCUT2D eigenvalue weighted by Gasteiger charge is 2.42. The molecular formula is C15H31IN4O. The molecular weight excluding hydrogens is 379 g/mol. The molecule has 1 fully saturated rings. The molecule has 5 nitrogen and oxygen atoms in total. The lowest BCUT2D eigenvalue weighted by atomic mass is 9.84. The lowest BCUT2D eigenvalue weighted by Gasteiger charge is -2.31. The van der Waals surface area contributed by atoms with E-state index >= 15 is 0 Å². The lowest BCUT2D eigenvalue weighted by Crippen LogP contribution is -2.50. The van der Waals surface area contributed by atoms with Gasteiger partial charge in [0.2, 0.25) is 5.91 Å². The van der Waals surface area contributed by atoms with Crippen molar-refractivity contribution in [1.29, 1.82) is 0 Å². The highest BCUT2D eigenvalue weighted by molar-refractivity contribution is 14.0. The summed E-state index contributed by atoms with van der Waals surface area (Å²) in [5.74, 6) is 1.03. The third-order valence-electron chi connectivity index (χ3n) is 4.23. The molecule has 1 amide bonds. The molecule has 0 aliphatic heterocycles. The number of guanidine groups is 1. The van der Waals surface area contributed by atoms with E-state index in [1.54, 1.807) is 11.9 Å². The number of nitrogens with one attached hydrogen (secondary N) is 2. The second-order valence-corrected chi connectivity index (χ2v) is 6.07. The Labute approximate surface area is 146 Å². The lowest BCUT2D eigenvalue weighted by molar-refractivity contribution is -0.138. The molecule has 0 spiro atoms. The Kier molecular flexibility index (Phi) is 9.24. The number of carbonyl (C=O) groups excluding carboxylic acids is 1. The Bertz CT molecular complexity index is 352. The molecule has 21 heavy (non-hydrogen) atoms. The summed E-state index contributed by atoms with van der Waals surface area (Å²) in [5, 5.41) is 6.68. The summed E-state index contributed by atoms with van der Waals surface area (Å²) in [6.07, 6.45) is 5.26. The first-order valence-electron chi connectivity index (χ1n) is 7.64. The minimum Gasteiger partial charge on any atom is -0.355 e. The van der Waals surface area contributed by atoms with Gasteiger partial charge in [0.15, 0.2) is 5.96 Å². The van der Waals surface area contributed by atoms with Gasteiger partial charge in [-0.2, -0.15) is 0 Å². The Morgan fingerprint density at radius 2 is 1.90 bits per heavy atom. The zero-order valence-corrected chi connectivity index (χ0v) is 16.4. The van der Waals surface area contributed by atoms with Gasteiger partial charge in [0.05, 0.1) is 5.41 Å². The maximum atomic E-state index is 12.5. The van der Waals surface area contributed by atoms with E-state index in [0.29, 0.717) is 12.6 Å². The van der Waals surface area contributed by atoms with Crippen LogP contribution in [-0.2, 0) is 4.79 Å². The fourth-order valence-corrected chi connectivity index (χ4v) is 2.78. The third kappa shape index (κ3) is 5.64. The summed E-state index contributed by atoms with van der Waals surface area (Å²) in [7, 11) is 5.45. The number of hydrogen-bond donors (Lipinski definition) is 2. The summed E-state index contributed by atoms with van der Waals surface area (Å²) in [4.78, 5) is 18.4. The fourth-order valence-electron chi connectivity index (χ4n) is 2.78. The van der Waals surface area contributed by atoms with Gasteiger partial charge >= 0.3 is 0 Å². The maximum Gasteiger partial charge on any atom is 0.230 e. The van der Waals surface area contributed by atoms with Gasteiger partial charge < -0.3 is 15.5 Å². The average molecular weight is 410 g/mol. The summed E-state index contributed by atoms with van der Waals surface area (Å²) in [6, 6.07) is 0.380. The third-order valence-corrected chi connectivity index (χ3v) is 4.23. The average Bonchev–Trinajstić information content (AvgIpc) is 2.92. The SMILES string of the molecule is CCC(C)NC(=NC)NCC1(C(=O)N(C)C)CCCC1.I. The summed E-state index contributed by atoms with van der Waals surface area (Å²) in [6.45, 7) is 4.93. The molecule has 1 aliphatic carbocycles. The molecule has 1 saturated carbocycles. The minimum atomic E-state index is -0.253. The normalized spacial score (nSPS) is 18.6. The summed E-state index contributed by atoms with van der Waals surface area (Å²) < 4.78 is 0. The Balaban J connectivity index is 0.00000400. The van der Waals surface area contributed by atoms with Crippen LogP contribution in [0.4, 0.5) is 0 Å². The summed E-state index contributed by atoms with van der Waals surface area (Å²) >= 11 is 0. The largest absolute Gasteiger partial charge is 0.355 e. The van der Waals surface area contributed by atoms with Gasteiger partial charge in [-0.15, -0.1) is 24.0 Å². The fraction of sp³-hybridized carbons (Fsp3) is 0.867.